The smallest absolute Gasteiger partial charge is 0.337 e. The van der Waals surface area contributed by atoms with Crippen molar-refractivity contribution in [3.63, 3.8) is 0 Å². The molecule has 0 aliphatic carbocycles. The molecule has 0 radical (unpaired) electrons. The number of anilines is 1. The summed E-state index contributed by atoms with van der Waals surface area (Å²) < 4.78 is 4.64. The van der Waals surface area contributed by atoms with Crippen LogP contribution in [0.3, 0.4) is 0 Å². The molecule has 0 bridgehead atoms. The monoisotopic (exact) mass is 223 g/mol. The normalized spacial score (nSPS) is 12.1. The number of nitrogens with zero attached hydrogens (tertiary/aromatic N) is 1. The van der Waals surface area contributed by atoms with Gasteiger partial charge in [-0.3, -0.25) is 0 Å². The first-order valence-corrected chi connectivity index (χ1v) is 5.05. The Labute approximate surface area is 95.5 Å². The number of aliphatic hydroxyl groups excluding tert-OH is 1. The predicted molar refractivity (Wildman–Crippen MR) is 62.7 cm³/mol. The van der Waals surface area contributed by atoms with Crippen LogP contribution in [0.15, 0.2) is 18.2 Å². The van der Waals surface area contributed by atoms with Gasteiger partial charge in [0.15, 0.2) is 0 Å². The maximum absolute atomic E-state index is 11.4. The largest absolute Gasteiger partial charge is 0.465 e. The number of ether oxygens (including phenoxy) is 1. The van der Waals surface area contributed by atoms with Crippen molar-refractivity contribution in [2.24, 2.45) is 0 Å². The molecule has 0 aliphatic rings. The first-order valence-electron chi connectivity index (χ1n) is 5.05. The maximum Gasteiger partial charge on any atom is 0.337 e. The van der Waals surface area contributed by atoms with E-state index in [0.29, 0.717) is 11.1 Å². The van der Waals surface area contributed by atoms with E-state index in [1.807, 2.05) is 19.0 Å². The Bertz CT molecular complexity index is 386. The minimum atomic E-state index is -0.623. The molecule has 0 heterocycles. The molecule has 0 unspecified atom stereocenters. The standard InChI is InChI=1S/C12H17NO3/c1-8(14)10-7-9(12(15)16-4)5-6-11(10)13(2)3/h5-8,14H,1-4H3/t8-/m1/s1. The van der Waals surface area contributed by atoms with Crippen LogP contribution in [0.25, 0.3) is 0 Å². The number of benzene rings is 1. The molecule has 0 spiro atoms. The Morgan fingerprint density at radius 3 is 2.50 bits per heavy atom. The van der Waals surface area contributed by atoms with Crippen LogP contribution in [0.5, 0.6) is 0 Å². The average Bonchev–Trinajstić information content (AvgIpc) is 2.26. The van der Waals surface area contributed by atoms with Crippen molar-refractivity contribution in [2.45, 2.75) is 13.0 Å². The van der Waals surface area contributed by atoms with Crippen LogP contribution in [-0.4, -0.2) is 32.3 Å². The molecule has 0 saturated heterocycles. The van der Waals surface area contributed by atoms with Gasteiger partial charge in [-0.2, -0.15) is 0 Å². The van der Waals surface area contributed by atoms with Crippen molar-refractivity contribution in [3.8, 4) is 0 Å². The van der Waals surface area contributed by atoms with E-state index in [-0.39, 0.29) is 0 Å². The molecule has 1 aromatic rings. The van der Waals surface area contributed by atoms with Gasteiger partial charge in [-0.25, -0.2) is 4.79 Å². The van der Waals surface area contributed by atoms with Crippen LogP contribution < -0.4 is 4.90 Å². The van der Waals surface area contributed by atoms with Gasteiger partial charge < -0.3 is 14.7 Å². The Balaban J connectivity index is 3.22. The van der Waals surface area contributed by atoms with E-state index in [1.54, 1.807) is 25.1 Å². The van der Waals surface area contributed by atoms with E-state index < -0.39 is 12.1 Å². The van der Waals surface area contributed by atoms with Gasteiger partial charge >= 0.3 is 5.97 Å². The number of methoxy groups -OCH3 is 1. The van der Waals surface area contributed by atoms with Gasteiger partial charge in [-0.05, 0) is 25.1 Å². The summed E-state index contributed by atoms with van der Waals surface area (Å²) in [5.74, 6) is -0.396. The van der Waals surface area contributed by atoms with Crippen molar-refractivity contribution in [2.75, 3.05) is 26.1 Å². The molecule has 4 heteroatoms. The zero-order chi connectivity index (χ0) is 12.3. The molecule has 0 amide bonds. The van der Waals surface area contributed by atoms with Crippen LogP contribution in [-0.2, 0) is 4.74 Å². The second-order valence-corrected chi connectivity index (χ2v) is 3.84. The molecule has 0 aliphatic heterocycles. The molecule has 0 aromatic heterocycles. The fourth-order valence-corrected chi connectivity index (χ4v) is 1.54. The lowest BCUT2D eigenvalue weighted by atomic mass is 10.0. The van der Waals surface area contributed by atoms with Crippen LogP contribution in [0.4, 0.5) is 5.69 Å². The highest BCUT2D eigenvalue weighted by Crippen LogP contribution is 2.26. The van der Waals surface area contributed by atoms with Crippen LogP contribution in [0.1, 0.15) is 28.9 Å². The van der Waals surface area contributed by atoms with Gasteiger partial charge in [0.25, 0.3) is 0 Å². The fraction of sp³-hybridized carbons (Fsp3) is 0.417. The maximum atomic E-state index is 11.4. The van der Waals surface area contributed by atoms with E-state index in [1.165, 1.54) is 7.11 Å². The van der Waals surface area contributed by atoms with Gasteiger partial charge in [0, 0.05) is 25.3 Å². The molecule has 1 rings (SSSR count). The minimum Gasteiger partial charge on any atom is -0.465 e. The summed E-state index contributed by atoms with van der Waals surface area (Å²) in [7, 11) is 5.11. The highest BCUT2D eigenvalue weighted by atomic mass is 16.5. The number of carbonyl (C=O) groups excluding carboxylic acids is 1. The third-order valence-corrected chi connectivity index (χ3v) is 2.38. The van der Waals surface area contributed by atoms with Crippen molar-refractivity contribution < 1.29 is 14.6 Å². The van der Waals surface area contributed by atoms with Crippen molar-refractivity contribution >= 4 is 11.7 Å². The summed E-state index contributed by atoms with van der Waals surface area (Å²) in [5, 5.41) is 9.65. The topological polar surface area (TPSA) is 49.8 Å². The first kappa shape index (κ1) is 12.5. The Morgan fingerprint density at radius 1 is 1.44 bits per heavy atom. The zero-order valence-corrected chi connectivity index (χ0v) is 10.0. The summed E-state index contributed by atoms with van der Waals surface area (Å²) in [6, 6.07) is 5.15. The van der Waals surface area contributed by atoms with Crippen LogP contribution >= 0.6 is 0 Å². The number of rotatable bonds is 3. The molecule has 1 aromatic carbocycles. The van der Waals surface area contributed by atoms with Gasteiger partial charge in [0.05, 0.1) is 18.8 Å². The number of esters is 1. The zero-order valence-electron chi connectivity index (χ0n) is 10.0. The summed E-state index contributed by atoms with van der Waals surface area (Å²) >= 11 is 0. The fourth-order valence-electron chi connectivity index (χ4n) is 1.54. The second kappa shape index (κ2) is 4.99. The van der Waals surface area contributed by atoms with E-state index >= 15 is 0 Å². The van der Waals surface area contributed by atoms with Crippen LogP contribution in [0, 0.1) is 0 Å². The summed E-state index contributed by atoms with van der Waals surface area (Å²) in [4.78, 5) is 13.2. The molecular weight excluding hydrogens is 206 g/mol. The number of carbonyl (C=O) groups is 1. The minimum absolute atomic E-state index is 0.396. The van der Waals surface area contributed by atoms with Gasteiger partial charge in [-0.1, -0.05) is 0 Å². The molecule has 16 heavy (non-hydrogen) atoms. The van der Waals surface area contributed by atoms with Crippen molar-refractivity contribution in [1.29, 1.82) is 0 Å². The van der Waals surface area contributed by atoms with Gasteiger partial charge in [0.2, 0.25) is 0 Å². The molecule has 88 valence electrons. The quantitative estimate of drug-likeness (QED) is 0.791. The molecule has 1 N–H and O–H groups in total. The predicted octanol–water partition coefficient (Wildman–Crippen LogP) is 1.59. The average molecular weight is 223 g/mol. The molecule has 4 nitrogen and oxygen atoms in total. The van der Waals surface area contributed by atoms with Gasteiger partial charge in [0.1, 0.15) is 0 Å². The number of hydrogen-bond donors (Lipinski definition) is 1. The molecular formula is C12H17NO3. The summed E-state index contributed by atoms with van der Waals surface area (Å²) in [6.45, 7) is 1.67. The van der Waals surface area contributed by atoms with Gasteiger partial charge in [-0.15, -0.1) is 0 Å². The number of aliphatic hydroxyl groups is 1. The van der Waals surface area contributed by atoms with E-state index in [4.69, 9.17) is 0 Å². The van der Waals surface area contributed by atoms with Crippen molar-refractivity contribution in [3.05, 3.63) is 29.3 Å². The Kier molecular flexibility index (Phi) is 3.90. The van der Waals surface area contributed by atoms with E-state index in [0.717, 1.165) is 5.69 Å². The number of hydrogen-bond acceptors (Lipinski definition) is 4. The highest BCUT2D eigenvalue weighted by Gasteiger charge is 2.13. The van der Waals surface area contributed by atoms with E-state index in [9.17, 15) is 9.90 Å². The first-order chi connectivity index (χ1) is 7.47. The molecule has 0 saturated carbocycles. The summed E-state index contributed by atoms with van der Waals surface area (Å²) in [5.41, 5.74) is 2.06. The third-order valence-electron chi connectivity index (χ3n) is 2.38. The van der Waals surface area contributed by atoms with Crippen molar-refractivity contribution in [1.82, 2.24) is 0 Å². The van der Waals surface area contributed by atoms with Crippen LogP contribution in [0.2, 0.25) is 0 Å². The summed E-state index contributed by atoms with van der Waals surface area (Å²) in [6.07, 6.45) is -0.623. The van der Waals surface area contributed by atoms with E-state index in [2.05, 4.69) is 4.74 Å². The molecule has 1 atom stereocenters. The lowest BCUT2D eigenvalue weighted by Gasteiger charge is -2.19. The lowest BCUT2D eigenvalue weighted by molar-refractivity contribution is 0.0600. The Hall–Kier alpha value is -1.55. The Morgan fingerprint density at radius 2 is 2.06 bits per heavy atom. The second-order valence-electron chi connectivity index (χ2n) is 3.84. The third kappa shape index (κ3) is 2.52. The lowest BCUT2D eigenvalue weighted by Crippen LogP contribution is -2.13. The highest BCUT2D eigenvalue weighted by molar-refractivity contribution is 5.90. The SMILES string of the molecule is COC(=O)c1ccc(N(C)C)c([C@@H](C)O)c1. The molecule has 0 fully saturated rings.